The van der Waals surface area contributed by atoms with Gasteiger partial charge in [0.1, 0.15) is 0 Å². The molecule has 2 amide bonds. The number of hydrogen-bond acceptors (Lipinski definition) is 4. The molecule has 2 aromatic carbocycles. The summed E-state index contributed by atoms with van der Waals surface area (Å²) in [7, 11) is 0. The Bertz CT molecular complexity index is 1110. The van der Waals surface area contributed by atoms with Gasteiger partial charge in [0.25, 0.3) is 5.91 Å². The lowest BCUT2D eigenvalue weighted by Crippen LogP contribution is -2.28. The molecule has 148 valence electrons. The van der Waals surface area contributed by atoms with Crippen LogP contribution in [0.5, 0.6) is 0 Å². The fourth-order valence-electron chi connectivity index (χ4n) is 3.51. The molecule has 1 aliphatic rings. The fraction of sp³-hybridized carbons (Fsp3) is 0.227. The summed E-state index contributed by atoms with van der Waals surface area (Å²) in [5.74, 6) is -0.213. The van der Waals surface area contributed by atoms with Gasteiger partial charge in [-0.3, -0.25) is 14.4 Å². The monoisotopic (exact) mass is 407 g/mol. The second kappa shape index (κ2) is 8.05. The fourth-order valence-corrected chi connectivity index (χ4v) is 4.27. The zero-order chi connectivity index (χ0) is 20.4. The highest BCUT2D eigenvalue weighted by Crippen LogP contribution is 2.29. The van der Waals surface area contributed by atoms with E-state index in [1.165, 1.54) is 5.56 Å². The van der Waals surface area contributed by atoms with E-state index >= 15 is 0 Å². The minimum absolute atomic E-state index is 0.0415. The maximum atomic E-state index is 12.8. The van der Waals surface area contributed by atoms with Crippen molar-refractivity contribution in [3.8, 4) is 0 Å². The number of nitrogens with one attached hydrogen (secondary N) is 1. The Balaban J connectivity index is 1.37. The number of thiazole rings is 1. The van der Waals surface area contributed by atoms with Gasteiger partial charge in [0.05, 0.1) is 0 Å². The summed E-state index contributed by atoms with van der Waals surface area (Å²) in [5, 5.41) is 4.61. The number of rotatable bonds is 5. The van der Waals surface area contributed by atoms with E-state index in [2.05, 4.69) is 5.32 Å². The van der Waals surface area contributed by atoms with Crippen molar-refractivity contribution >= 4 is 34.5 Å². The molecular formula is C22H21N3O3S. The Morgan fingerprint density at radius 3 is 2.59 bits per heavy atom. The molecule has 0 aliphatic carbocycles. The minimum Gasteiger partial charge on any atom is -0.326 e. The molecule has 3 aromatic rings. The van der Waals surface area contributed by atoms with Crippen molar-refractivity contribution in [1.82, 2.24) is 4.57 Å². The highest BCUT2D eigenvalue weighted by atomic mass is 32.1. The van der Waals surface area contributed by atoms with Crippen LogP contribution < -0.4 is 15.1 Å². The number of anilines is 2. The normalized spacial score (nSPS) is 12.7. The lowest BCUT2D eigenvalue weighted by atomic mass is 10.1. The molecule has 0 radical (unpaired) electrons. The lowest BCUT2D eigenvalue weighted by Gasteiger charge is -2.17. The van der Waals surface area contributed by atoms with Crippen LogP contribution in [0.15, 0.2) is 58.7 Å². The van der Waals surface area contributed by atoms with Gasteiger partial charge in [-0.1, -0.05) is 29.5 Å². The molecule has 0 unspecified atom stereocenters. The van der Waals surface area contributed by atoms with Gasteiger partial charge in [0.2, 0.25) is 5.91 Å². The van der Waals surface area contributed by atoms with Crippen molar-refractivity contribution < 1.29 is 9.59 Å². The molecule has 0 atom stereocenters. The molecule has 4 rings (SSSR count). The molecule has 2 heterocycles. The van der Waals surface area contributed by atoms with Crippen molar-refractivity contribution in [2.75, 3.05) is 16.8 Å². The number of aryl methyl sites for hydroxylation is 1. The second-order valence-corrected chi connectivity index (χ2v) is 7.83. The Kier molecular flexibility index (Phi) is 5.31. The molecule has 0 saturated heterocycles. The summed E-state index contributed by atoms with van der Waals surface area (Å²) in [5.41, 5.74) is 4.22. The summed E-state index contributed by atoms with van der Waals surface area (Å²) < 4.78 is 1.60. The Morgan fingerprint density at radius 1 is 1.10 bits per heavy atom. The molecule has 0 spiro atoms. The molecule has 1 aliphatic heterocycles. The molecular weight excluding hydrogens is 386 g/mol. The number of aromatic nitrogens is 1. The highest BCUT2D eigenvalue weighted by Gasteiger charge is 2.25. The van der Waals surface area contributed by atoms with Crippen LogP contribution in [-0.2, 0) is 17.8 Å². The first-order valence-electron chi connectivity index (χ1n) is 9.47. The van der Waals surface area contributed by atoms with Crippen molar-refractivity contribution in [2.24, 2.45) is 0 Å². The van der Waals surface area contributed by atoms with Gasteiger partial charge in [-0.05, 0) is 49.2 Å². The summed E-state index contributed by atoms with van der Waals surface area (Å²) in [6, 6.07) is 14.9. The number of amides is 2. The van der Waals surface area contributed by atoms with Crippen LogP contribution >= 0.6 is 11.3 Å². The van der Waals surface area contributed by atoms with Gasteiger partial charge in [0, 0.05) is 47.5 Å². The highest BCUT2D eigenvalue weighted by molar-refractivity contribution is 7.07. The van der Waals surface area contributed by atoms with Crippen LogP contribution in [0.3, 0.4) is 0 Å². The maximum absolute atomic E-state index is 12.8. The first-order chi connectivity index (χ1) is 14.0. The van der Waals surface area contributed by atoms with Crippen molar-refractivity contribution in [3.63, 3.8) is 0 Å². The number of benzene rings is 2. The molecule has 0 saturated carbocycles. The average Bonchev–Trinajstić information content (AvgIpc) is 3.30. The molecule has 7 heteroatoms. The van der Waals surface area contributed by atoms with Gasteiger partial charge >= 0.3 is 4.87 Å². The smallest absolute Gasteiger partial charge is 0.307 e. The molecule has 6 nitrogen and oxygen atoms in total. The standard InChI is InChI=1S/C22H21N3O3S/c1-15-14-29-22(28)24(15)13-11-20(26)23-18-8-6-17(7-9-18)21(27)25-12-10-16-4-2-3-5-19(16)25/h2-9,14H,10-13H2,1H3,(H,23,26). The molecule has 0 fully saturated rings. The van der Waals surface area contributed by atoms with Gasteiger partial charge in [-0.15, -0.1) is 0 Å². The number of nitrogens with zero attached hydrogens (tertiary/aromatic N) is 2. The Hall–Kier alpha value is -3.19. The van der Waals surface area contributed by atoms with E-state index in [4.69, 9.17) is 0 Å². The van der Waals surface area contributed by atoms with Crippen molar-refractivity contribution in [2.45, 2.75) is 26.3 Å². The number of hydrogen-bond donors (Lipinski definition) is 1. The maximum Gasteiger partial charge on any atom is 0.307 e. The van der Waals surface area contributed by atoms with E-state index in [-0.39, 0.29) is 23.1 Å². The minimum atomic E-state index is -0.171. The molecule has 1 N–H and O–H groups in total. The van der Waals surface area contributed by atoms with Crippen LogP contribution in [0.25, 0.3) is 0 Å². The van der Waals surface area contributed by atoms with Gasteiger partial charge < -0.3 is 14.8 Å². The third-order valence-corrected chi connectivity index (χ3v) is 5.97. The summed E-state index contributed by atoms with van der Waals surface area (Å²) in [6.45, 7) is 2.88. The van der Waals surface area contributed by atoms with Crippen LogP contribution in [0, 0.1) is 6.92 Å². The quantitative estimate of drug-likeness (QED) is 0.704. The van der Waals surface area contributed by atoms with Crippen molar-refractivity contribution in [3.05, 3.63) is 80.4 Å². The Morgan fingerprint density at radius 2 is 1.86 bits per heavy atom. The molecule has 0 bridgehead atoms. The number of carbonyl (C=O) groups excluding carboxylic acids is 2. The van der Waals surface area contributed by atoms with Crippen LogP contribution in [0.2, 0.25) is 0 Å². The van der Waals surface area contributed by atoms with E-state index < -0.39 is 0 Å². The first-order valence-corrected chi connectivity index (χ1v) is 10.4. The number of carbonyl (C=O) groups is 2. The van der Waals surface area contributed by atoms with Gasteiger partial charge in [-0.25, -0.2) is 0 Å². The number of fused-ring (bicyclic) bond motifs is 1. The van der Waals surface area contributed by atoms with E-state index in [1.54, 1.807) is 39.1 Å². The van der Waals surface area contributed by atoms with Crippen LogP contribution in [-0.4, -0.2) is 22.9 Å². The van der Waals surface area contributed by atoms with E-state index in [1.807, 2.05) is 31.2 Å². The zero-order valence-corrected chi connectivity index (χ0v) is 16.9. The van der Waals surface area contributed by atoms with Crippen LogP contribution in [0.4, 0.5) is 11.4 Å². The summed E-state index contributed by atoms with van der Waals surface area (Å²) in [6.07, 6.45) is 1.07. The van der Waals surface area contributed by atoms with E-state index in [0.717, 1.165) is 29.1 Å². The van der Waals surface area contributed by atoms with Gasteiger partial charge in [0.15, 0.2) is 0 Å². The average molecular weight is 407 g/mol. The Labute approximate surface area is 172 Å². The topological polar surface area (TPSA) is 71.4 Å². The second-order valence-electron chi connectivity index (χ2n) is 7.01. The molecule has 29 heavy (non-hydrogen) atoms. The van der Waals surface area contributed by atoms with Crippen molar-refractivity contribution in [1.29, 1.82) is 0 Å². The first kappa shape index (κ1) is 19.1. The van der Waals surface area contributed by atoms with E-state index in [9.17, 15) is 14.4 Å². The lowest BCUT2D eigenvalue weighted by molar-refractivity contribution is -0.116. The predicted octanol–water partition coefficient (Wildman–Crippen LogP) is 3.45. The third kappa shape index (κ3) is 4.00. The van der Waals surface area contributed by atoms with Crippen LogP contribution in [0.1, 0.15) is 28.0 Å². The third-order valence-electron chi connectivity index (χ3n) is 5.09. The van der Waals surface area contributed by atoms with E-state index in [0.29, 0.717) is 24.3 Å². The predicted molar refractivity (Wildman–Crippen MR) is 115 cm³/mol. The number of para-hydroxylation sites is 1. The largest absolute Gasteiger partial charge is 0.326 e. The zero-order valence-electron chi connectivity index (χ0n) is 16.1. The SMILES string of the molecule is Cc1csc(=O)n1CCC(=O)Nc1ccc(C(=O)N2CCc3ccccc32)cc1. The summed E-state index contributed by atoms with van der Waals surface area (Å²) in [4.78, 5) is 38.5. The van der Waals surface area contributed by atoms with Gasteiger partial charge in [-0.2, -0.15) is 0 Å². The molecule has 1 aromatic heterocycles. The summed E-state index contributed by atoms with van der Waals surface area (Å²) >= 11 is 1.14.